The van der Waals surface area contributed by atoms with Gasteiger partial charge in [-0.15, -0.1) is 0 Å². The van der Waals surface area contributed by atoms with E-state index in [-0.39, 0.29) is 0 Å². The summed E-state index contributed by atoms with van der Waals surface area (Å²) in [5.74, 6) is -5.49. The summed E-state index contributed by atoms with van der Waals surface area (Å²) < 4.78 is 28.9. The van der Waals surface area contributed by atoms with Crippen molar-refractivity contribution in [2.24, 2.45) is 0 Å². The van der Waals surface area contributed by atoms with Crippen LogP contribution in [0.1, 0.15) is 6.42 Å². The average molecular weight is 163 g/mol. The van der Waals surface area contributed by atoms with Crippen LogP contribution in [0.3, 0.4) is 0 Å². The second-order valence-electron chi connectivity index (χ2n) is 2.18. The van der Waals surface area contributed by atoms with E-state index in [2.05, 4.69) is 4.74 Å². The Hall–Kier alpha value is -1.13. The zero-order chi connectivity index (χ0) is 8.65. The number of halogens is 2. The monoisotopic (exact) mass is 163 g/mol. The Bertz CT molecular complexity index is 232. The van der Waals surface area contributed by atoms with Crippen molar-refractivity contribution in [1.29, 1.82) is 0 Å². The number of methoxy groups -OCH3 is 1. The van der Waals surface area contributed by atoms with Crippen molar-refractivity contribution in [3.05, 3.63) is 11.3 Å². The molecule has 11 heavy (non-hydrogen) atoms. The highest BCUT2D eigenvalue weighted by molar-refractivity contribution is 5.88. The summed E-state index contributed by atoms with van der Waals surface area (Å²) in [5.41, 5.74) is -0.447. The van der Waals surface area contributed by atoms with Crippen molar-refractivity contribution in [2.75, 3.05) is 7.11 Å². The van der Waals surface area contributed by atoms with Gasteiger partial charge in [-0.1, -0.05) is 0 Å². The SMILES string of the molecule is COC1=C(C(=O)[O-])CC1(F)F. The van der Waals surface area contributed by atoms with Crippen LogP contribution in [0.5, 0.6) is 0 Å². The third-order valence-corrected chi connectivity index (χ3v) is 1.46. The molecule has 0 atom stereocenters. The summed E-state index contributed by atoms with van der Waals surface area (Å²) in [4.78, 5) is 10.1. The molecule has 0 aliphatic heterocycles. The van der Waals surface area contributed by atoms with Crippen molar-refractivity contribution in [2.45, 2.75) is 12.3 Å². The number of carboxylic acids is 1. The zero-order valence-corrected chi connectivity index (χ0v) is 5.69. The van der Waals surface area contributed by atoms with Crippen LogP contribution in [0.4, 0.5) is 8.78 Å². The summed E-state index contributed by atoms with van der Waals surface area (Å²) in [6.45, 7) is 0. The minimum atomic E-state index is -3.12. The van der Waals surface area contributed by atoms with E-state index in [0.717, 1.165) is 7.11 Å². The van der Waals surface area contributed by atoms with Crippen LogP contribution in [0.15, 0.2) is 11.3 Å². The van der Waals surface area contributed by atoms with Gasteiger partial charge in [-0.25, -0.2) is 0 Å². The number of aliphatic carboxylic acids is 1. The molecule has 0 heterocycles. The second kappa shape index (κ2) is 2.18. The van der Waals surface area contributed by atoms with Gasteiger partial charge < -0.3 is 14.6 Å². The molecule has 0 aromatic carbocycles. The van der Waals surface area contributed by atoms with Gasteiger partial charge >= 0.3 is 5.92 Å². The van der Waals surface area contributed by atoms with E-state index in [1.54, 1.807) is 0 Å². The van der Waals surface area contributed by atoms with Crippen LogP contribution in [-0.2, 0) is 9.53 Å². The highest BCUT2D eigenvalue weighted by Gasteiger charge is 2.48. The van der Waals surface area contributed by atoms with Gasteiger partial charge in [-0.05, 0) is 0 Å². The topological polar surface area (TPSA) is 49.4 Å². The number of hydrogen-bond donors (Lipinski definition) is 0. The molecule has 1 aliphatic carbocycles. The molecular weight excluding hydrogens is 158 g/mol. The summed E-state index contributed by atoms with van der Waals surface area (Å²) in [7, 11) is 1.01. The number of rotatable bonds is 2. The maximum Gasteiger partial charge on any atom is 0.308 e. The van der Waals surface area contributed by atoms with Crippen LogP contribution in [0.2, 0.25) is 0 Å². The summed E-state index contributed by atoms with van der Waals surface area (Å²) >= 11 is 0. The van der Waals surface area contributed by atoms with Gasteiger partial charge in [0.1, 0.15) is 0 Å². The van der Waals surface area contributed by atoms with E-state index in [1.165, 1.54) is 0 Å². The van der Waals surface area contributed by atoms with Crippen LogP contribution in [0.25, 0.3) is 0 Å². The van der Waals surface area contributed by atoms with E-state index in [0.29, 0.717) is 0 Å². The molecular formula is C6H5F2O3-. The lowest BCUT2D eigenvalue weighted by Crippen LogP contribution is -2.40. The Labute approximate surface area is 61.3 Å². The molecule has 0 unspecified atom stereocenters. The average Bonchev–Trinajstić information content (AvgIpc) is 1.84. The van der Waals surface area contributed by atoms with Gasteiger partial charge in [-0.3, -0.25) is 0 Å². The highest BCUT2D eigenvalue weighted by Crippen LogP contribution is 2.43. The maximum absolute atomic E-state index is 12.3. The van der Waals surface area contributed by atoms with Crippen molar-refractivity contribution >= 4 is 5.97 Å². The lowest BCUT2D eigenvalue weighted by molar-refractivity contribution is -0.301. The molecule has 3 nitrogen and oxygen atoms in total. The molecule has 0 saturated carbocycles. The quantitative estimate of drug-likeness (QED) is 0.560. The molecule has 0 aromatic heterocycles. The van der Waals surface area contributed by atoms with Gasteiger partial charge in [0, 0.05) is 12.0 Å². The first-order valence-electron chi connectivity index (χ1n) is 2.86. The molecule has 0 bridgehead atoms. The van der Waals surface area contributed by atoms with Crippen LogP contribution < -0.4 is 5.11 Å². The summed E-state index contributed by atoms with van der Waals surface area (Å²) in [6.07, 6.45) is -0.793. The first-order valence-corrected chi connectivity index (χ1v) is 2.86. The van der Waals surface area contributed by atoms with E-state index in [9.17, 15) is 18.7 Å². The first-order chi connectivity index (χ1) is 4.99. The smallest absolute Gasteiger partial charge is 0.308 e. The van der Waals surface area contributed by atoms with E-state index < -0.39 is 29.6 Å². The lowest BCUT2D eigenvalue weighted by atomic mass is 9.92. The van der Waals surface area contributed by atoms with Crippen molar-refractivity contribution in [3.8, 4) is 0 Å². The molecule has 0 N–H and O–H groups in total. The molecule has 0 saturated heterocycles. The second-order valence-corrected chi connectivity index (χ2v) is 2.18. The Kier molecular flexibility index (Phi) is 1.58. The fourth-order valence-electron chi connectivity index (χ4n) is 0.934. The molecule has 1 aliphatic rings. The fourth-order valence-corrected chi connectivity index (χ4v) is 0.934. The zero-order valence-electron chi connectivity index (χ0n) is 5.69. The molecule has 0 aromatic rings. The number of ether oxygens (including phenoxy) is 1. The van der Waals surface area contributed by atoms with Crippen molar-refractivity contribution in [1.82, 2.24) is 0 Å². The normalized spacial score (nSPS) is 21.0. The summed E-state index contributed by atoms with van der Waals surface area (Å²) in [5, 5.41) is 10.1. The maximum atomic E-state index is 12.3. The van der Waals surface area contributed by atoms with Crippen LogP contribution in [0, 0.1) is 0 Å². The van der Waals surface area contributed by atoms with E-state index >= 15 is 0 Å². The van der Waals surface area contributed by atoms with Gasteiger partial charge in [0.15, 0.2) is 5.76 Å². The number of hydrogen-bond acceptors (Lipinski definition) is 3. The molecule has 0 fully saturated rings. The van der Waals surface area contributed by atoms with Gasteiger partial charge in [0.05, 0.1) is 13.1 Å². The Morgan fingerprint density at radius 3 is 2.45 bits per heavy atom. The Morgan fingerprint density at radius 1 is 1.73 bits per heavy atom. The molecule has 62 valence electrons. The van der Waals surface area contributed by atoms with E-state index in [4.69, 9.17) is 0 Å². The predicted octanol–water partition coefficient (Wildman–Crippen LogP) is -0.324. The Balaban J connectivity index is 2.91. The minimum Gasteiger partial charge on any atom is -0.545 e. The third-order valence-electron chi connectivity index (χ3n) is 1.46. The minimum absolute atomic E-state index is 0.447. The van der Waals surface area contributed by atoms with Crippen molar-refractivity contribution < 1.29 is 23.4 Å². The number of allylic oxidation sites excluding steroid dienone is 1. The van der Waals surface area contributed by atoms with Gasteiger partial charge in [0.2, 0.25) is 0 Å². The lowest BCUT2D eigenvalue weighted by Gasteiger charge is -2.31. The molecule has 0 radical (unpaired) electrons. The van der Waals surface area contributed by atoms with Gasteiger partial charge in [0.25, 0.3) is 0 Å². The Morgan fingerprint density at radius 2 is 2.27 bits per heavy atom. The van der Waals surface area contributed by atoms with E-state index in [1.807, 2.05) is 0 Å². The fraction of sp³-hybridized carbons (Fsp3) is 0.500. The van der Waals surface area contributed by atoms with Crippen molar-refractivity contribution in [3.63, 3.8) is 0 Å². The molecule has 5 heteroatoms. The number of carbonyl (C=O) groups excluding carboxylic acids is 1. The predicted molar refractivity (Wildman–Crippen MR) is 28.6 cm³/mol. The number of carbonyl (C=O) groups is 1. The number of carboxylic acid groups (broad SMARTS) is 1. The van der Waals surface area contributed by atoms with Crippen LogP contribution >= 0.6 is 0 Å². The van der Waals surface area contributed by atoms with Crippen LogP contribution in [-0.4, -0.2) is 19.0 Å². The molecule has 0 amide bonds. The van der Waals surface area contributed by atoms with Gasteiger partial charge in [-0.2, -0.15) is 8.78 Å². The first kappa shape index (κ1) is 7.97. The highest BCUT2D eigenvalue weighted by atomic mass is 19.3. The standard InChI is InChI=1S/C6H6F2O3/c1-11-4-3(5(9)10)2-6(4,7)8/h2H2,1H3,(H,9,10)/p-1. The number of alkyl halides is 2. The summed E-state index contributed by atoms with van der Waals surface area (Å²) in [6, 6.07) is 0. The molecule has 0 spiro atoms. The largest absolute Gasteiger partial charge is 0.545 e. The molecule has 1 rings (SSSR count). The third kappa shape index (κ3) is 1.06.